The van der Waals surface area contributed by atoms with Gasteiger partial charge in [-0.05, 0) is 49.4 Å². The van der Waals surface area contributed by atoms with Crippen LogP contribution in [0.2, 0.25) is 18.1 Å². The first kappa shape index (κ1) is 26.1. The Balaban J connectivity index is 2.76. The van der Waals surface area contributed by atoms with E-state index >= 15 is 0 Å². The summed E-state index contributed by atoms with van der Waals surface area (Å²) in [4.78, 5) is 25.3. The van der Waals surface area contributed by atoms with Crippen LogP contribution in [0, 0.1) is 5.41 Å². The van der Waals surface area contributed by atoms with Crippen LogP contribution >= 0.6 is 0 Å². The fourth-order valence-electron chi connectivity index (χ4n) is 3.04. The lowest BCUT2D eigenvalue weighted by Crippen LogP contribution is -2.43. The molecule has 0 saturated carbocycles. The van der Waals surface area contributed by atoms with Crippen molar-refractivity contribution in [3.05, 3.63) is 48.0 Å². The standard InChI is InChI=1S/C24H38O5Si/c1-23(2,3)30(6,7)29-18-14-9-8-13-17-24(21(25)27-4,22(26)28-5)19-20-15-11-10-12-16-20/h9-12,14-16H,8,13,17-19H2,1-7H3/b14-9+. The van der Waals surface area contributed by atoms with Gasteiger partial charge in [0.05, 0.1) is 20.8 Å². The van der Waals surface area contributed by atoms with Crippen molar-refractivity contribution in [1.29, 1.82) is 0 Å². The maximum atomic E-state index is 12.7. The molecule has 0 aliphatic rings. The highest BCUT2D eigenvalue weighted by Crippen LogP contribution is 2.36. The van der Waals surface area contributed by atoms with Gasteiger partial charge >= 0.3 is 11.9 Å². The van der Waals surface area contributed by atoms with Crippen LogP contribution in [0.5, 0.6) is 0 Å². The van der Waals surface area contributed by atoms with Gasteiger partial charge < -0.3 is 13.9 Å². The molecule has 0 aliphatic carbocycles. The summed E-state index contributed by atoms with van der Waals surface area (Å²) < 4.78 is 16.1. The maximum absolute atomic E-state index is 12.7. The summed E-state index contributed by atoms with van der Waals surface area (Å²) in [6, 6.07) is 9.48. The van der Waals surface area contributed by atoms with E-state index in [2.05, 4.69) is 39.9 Å². The molecule has 0 fully saturated rings. The summed E-state index contributed by atoms with van der Waals surface area (Å²) >= 11 is 0. The molecule has 168 valence electrons. The lowest BCUT2D eigenvalue weighted by Gasteiger charge is -2.35. The molecular formula is C24H38O5Si. The van der Waals surface area contributed by atoms with E-state index in [4.69, 9.17) is 13.9 Å². The molecule has 0 amide bonds. The minimum absolute atomic E-state index is 0.179. The molecule has 0 unspecified atom stereocenters. The molecule has 0 atom stereocenters. The molecule has 0 radical (unpaired) electrons. The van der Waals surface area contributed by atoms with Crippen molar-refractivity contribution >= 4 is 20.3 Å². The van der Waals surface area contributed by atoms with Crippen LogP contribution in [0.25, 0.3) is 0 Å². The fourth-order valence-corrected chi connectivity index (χ4v) is 3.98. The van der Waals surface area contributed by atoms with E-state index in [1.807, 2.05) is 36.4 Å². The van der Waals surface area contributed by atoms with E-state index < -0.39 is 25.7 Å². The number of ether oxygens (including phenoxy) is 2. The van der Waals surface area contributed by atoms with Gasteiger partial charge in [-0.3, -0.25) is 9.59 Å². The van der Waals surface area contributed by atoms with Gasteiger partial charge in [0.15, 0.2) is 13.7 Å². The van der Waals surface area contributed by atoms with Crippen molar-refractivity contribution < 1.29 is 23.5 Å². The second-order valence-corrected chi connectivity index (χ2v) is 14.0. The molecule has 0 heterocycles. The van der Waals surface area contributed by atoms with Gasteiger partial charge in [0.2, 0.25) is 0 Å². The molecule has 0 spiro atoms. The fraction of sp³-hybridized carbons (Fsp3) is 0.583. The molecule has 5 nitrogen and oxygen atoms in total. The van der Waals surface area contributed by atoms with E-state index in [1.54, 1.807) is 0 Å². The molecule has 6 heteroatoms. The maximum Gasteiger partial charge on any atom is 0.323 e. The summed E-state index contributed by atoms with van der Waals surface area (Å²) in [5.41, 5.74) is -0.442. The average molecular weight is 435 g/mol. The molecule has 1 aromatic rings. The highest BCUT2D eigenvalue weighted by atomic mass is 28.4. The first-order chi connectivity index (χ1) is 14.0. The van der Waals surface area contributed by atoms with Crippen LogP contribution in [0.1, 0.15) is 45.6 Å². The van der Waals surface area contributed by atoms with Crippen LogP contribution in [-0.4, -0.2) is 41.1 Å². The van der Waals surface area contributed by atoms with Gasteiger partial charge in [-0.1, -0.05) is 63.3 Å². The van der Waals surface area contributed by atoms with E-state index in [0.29, 0.717) is 19.4 Å². The van der Waals surface area contributed by atoms with Crippen molar-refractivity contribution in [3.8, 4) is 0 Å². The smallest absolute Gasteiger partial charge is 0.323 e. The summed E-state index contributed by atoms with van der Waals surface area (Å²) in [6.45, 7) is 11.7. The van der Waals surface area contributed by atoms with Gasteiger partial charge in [0, 0.05) is 0 Å². The second-order valence-electron chi connectivity index (χ2n) is 9.16. The number of hydrogen-bond donors (Lipinski definition) is 0. The van der Waals surface area contributed by atoms with E-state index in [-0.39, 0.29) is 11.5 Å². The van der Waals surface area contributed by atoms with Crippen LogP contribution in [-0.2, 0) is 29.9 Å². The topological polar surface area (TPSA) is 61.8 Å². The molecule has 0 aromatic heterocycles. The number of methoxy groups -OCH3 is 2. The molecule has 30 heavy (non-hydrogen) atoms. The third-order valence-electron chi connectivity index (χ3n) is 5.99. The summed E-state index contributed by atoms with van der Waals surface area (Å²) in [5, 5.41) is 0.179. The van der Waals surface area contributed by atoms with E-state index in [1.165, 1.54) is 14.2 Å². The van der Waals surface area contributed by atoms with E-state index in [9.17, 15) is 9.59 Å². The van der Waals surface area contributed by atoms with Crippen LogP contribution in [0.4, 0.5) is 0 Å². The van der Waals surface area contributed by atoms with Crippen molar-refractivity contribution in [3.63, 3.8) is 0 Å². The Kier molecular flexibility index (Phi) is 9.98. The number of esters is 2. The molecule has 1 aromatic carbocycles. The second kappa shape index (κ2) is 11.5. The molecule has 1 rings (SSSR count). The normalized spacial score (nSPS) is 12.8. The van der Waals surface area contributed by atoms with Crippen molar-refractivity contribution in [1.82, 2.24) is 0 Å². The van der Waals surface area contributed by atoms with Crippen molar-refractivity contribution in [2.24, 2.45) is 5.41 Å². The predicted molar refractivity (Wildman–Crippen MR) is 123 cm³/mol. The Hall–Kier alpha value is -1.92. The molecule has 0 aliphatic heterocycles. The molecule has 0 saturated heterocycles. The quantitative estimate of drug-likeness (QED) is 0.155. The first-order valence-corrected chi connectivity index (χ1v) is 13.4. The van der Waals surface area contributed by atoms with Gasteiger partial charge in [0.1, 0.15) is 0 Å². The van der Waals surface area contributed by atoms with E-state index in [0.717, 1.165) is 12.0 Å². The number of allylic oxidation sites excluding steroid dienone is 1. The van der Waals surface area contributed by atoms with Crippen LogP contribution in [0.15, 0.2) is 42.5 Å². The highest BCUT2D eigenvalue weighted by Gasteiger charge is 2.47. The number of carbonyl (C=O) groups is 2. The van der Waals surface area contributed by atoms with Gasteiger partial charge in [-0.25, -0.2) is 0 Å². The number of unbranched alkanes of at least 4 members (excludes halogenated alkanes) is 1. The number of hydrogen-bond acceptors (Lipinski definition) is 5. The Morgan fingerprint density at radius 1 is 0.967 bits per heavy atom. The third kappa shape index (κ3) is 7.09. The van der Waals surface area contributed by atoms with Gasteiger partial charge in [-0.2, -0.15) is 0 Å². The zero-order valence-electron chi connectivity index (χ0n) is 19.6. The number of rotatable bonds is 11. The first-order valence-electron chi connectivity index (χ1n) is 10.5. The molecule has 0 bridgehead atoms. The summed E-state index contributed by atoms with van der Waals surface area (Å²) in [5.74, 6) is -1.10. The zero-order chi connectivity index (χ0) is 22.8. The van der Waals surface area contributed by atoms with Crippen LogP contribution in [0.3, 0.4) is 0 Å². The lowest BCUT2D eigenvalue weighted by molar-refractivity contribution is -0.169. The predicted octanol–water partition coefficient (Wildman–Crippen LogP) is 5.31. The van der Waals surface area contributed by atoms with Gasteiger partial charge in [0.25, 0.3) is 0 Å². The molecular weight excluding hydrogens is 396 g/mol. The minimum atomic E-state index is -1.76. The van der Waals surface area contributed by atoms with Crippen molar-refractivity contribution in [2.45, 2.75) is 64.6 Å². The minimum Gasteiger partial charge on any atom is -0.468 e. The Labute approximate surface area is 182 Å². The largest absolute Gasteiger partial charge is 0.468 e. The van der Waals surface area contributed by atoms with Crippen molar-refractivity contribution in [2.75, 3.05) is 20.8 Å². The number of benzene rings is 1. The third-order valence-corrected chi connectivity index (χ3v) is 10.5. The summed E-state index contributed by atoms with van der Waals surface area (Å²) in [6.07, 6.45) is 6.09. The highest BCUT2D eigenvalue weighted by molar-refractivity contribution is 6.74. The Morgan fingerprint density at radius 3 is 2.03 bits per heavy atom. The monoisotopic (exact) mass is 434 g/mol. The Morgan fingerprint density at radius 2 is 1.53 bits per heavy atom. The van der Waals surface area contributed by atoms with Crippen LogP contribution < -0.4 is 0 Å². The summed E-state index contributed by atoms with van der Waals surface area (Å²) in [7, 11) is 0.857. The van der Waals surface area contributed by atoms with Gasteiger partial charge in [-0.15, -0.1) is 0 Å². The SMILES string of the molecule is COC(=O)C(CCC/C=C/CO[Si](C)(C)C(C)(C)C)(Cc1ccccc1)C(=O)OC. The molecule has 0 N–H and O–H groups in total. The zero-order valence-corrected chi connectivity index (χ0v) is 20.6. The average Bonchev–Trinajstić information content (AvgIpc) is 2.70. The Bertz CT molecular complexity index is 688. The lowest BCUT2D eigenvalue weighted by atomic mass is 9.77. The number of carbonyl (C=O) groups excluding carboxylic acids is 2.